The van der Waals surface area contributed by atoms with Crippen LogP contribution in [-0.2, 0) is 42.9 Å². The first-order chi connectivity index (χ1) is 20.5. The van der Waals surface area contributed by atoms with Crippen molar-refractivity contribution >= 4 is 59.3 Å². The van der Waals surface area contributed by atoms with E-state index in [1.165, 1.54) is 13.1 Å². The van der Waals surface area contributed by atoms with E-state index in [2.05, 4.69) is 40.5 Å². The van der Waals surface area contributed by atoms with Crippen molar-refractivity contribution in [3.63, 3.8) is 0 Å². The standard InChI is InChI=1S/C12H17NO.C8H7ClO.C8H8O2.C4H11N.2CH4.Cl2OS.ClH/c1-3-13(4-2)12(14)10-11-8-6-5-7-9-11;2*9-8(10)6-7-4-2-1-3-5-7;1-3-5-4-2;;;1-4(2)3;/h5-9H,3-4,10H2,1-2H3;1-5H,6H2;1-5H,6H2,(H,9,10);5H,3-4H2,1-2H3;2*1H4;;1H. The van der Waals surface area contributed by atoms with Crippen molar-refractivity contribution in [2.75, 3.05) is 26.2 Å². The molecule has 0 heterocycles. The fourth-order valence-corrected chi connectivity index (χ4v) is 3.43. The molecule has 1 amide bonds. The minimum absolute atomic E-state index is 0. The van der Waals surface area contributed by atoms with Crippen molar-refractivity contribution in [2.45, 2.75) is 61.8 Å². The fourth-order valence-electron chi connectivity index (χ4n) is 3.27. The number of quaternary nitrogens is 1. The van der Waals surface area contributed by atoms with Gasteiger partial charge in [-0.2, -0.15) is 0 Å². The summed E-state index contributed by atoms with van der Waals surface area (Å²) in [6.45, 7) is 12.4. The number of benzene rings is 3. The van der Waals surface area contributed by atoms with Gasteiger partial charge in [0.1, 0.15) is 0 Å². The largest absolute Gasteiger partial charge is 1.00 e. The van der Waals surface area contributed by atoms with Crippen LogP contribution < -0.4 is 17.7 Å². The van der Waals surface area contributed by atoms with Crippen LogP contribution in [0.1, 0.15) is 59.2 Å². The number of hydrogen-bond donors (Lipinski definition) is 2. The lowest BCUT2D eigenvalue weighted by Crippen LogP contribution is -3.00. The summed E-state index contributed by atoms with van der Waals surface area (Å²) in [6.07, 6.45) is 0.950. The van der Waals surface area contributed by atoms with Gasteiger partial charge in [-0.05, 0) is 56.0 Å². The minimum Gasteiger partial charge on any atom is -1.00 e. The Bertz CT molecular complexity index is 1080. The van der Waals surface area contributed by atoms with E-state index >= 15 is 0 Å². The second-order valence-electron chi connectivity index (χ2n) is 8.59. The predicted octanol–water partition coefficient (Wildman–Crippen LogP) is 4.31. The molecule has 12 heteroatoms. The van der Waals surface area contributed by atoms with Crippen LogP contribution in [0.2, 0.25) is 0 Å². The van der Waals surface area contributed by atoms with Gasteiger partial charge in [0.2, 0.25) is 20.4 Å². The molecular formula is C34H52Cl4N2O5S. The van der Waals surface area contributed by atoms with Gasteiger partial charge in [0.05, 0.1) is 25.9 Å². The molecule has 0 fully saturated rings. The Labute approximate surface area is 299 Å². The highest BCUT2D eigenvalue weighted by Crippen LogP contribution is 2.03. The number of carboxylic acid groups (broad SMARTS) is 1. The number of nitrogens with two attached hydrogens (primary N) is 1. The summed E-state index contributed by atoms with van der Waals surface area (Å²) < 4.78 is 9.09. The number of rotatable bonds is 10. The number of carbonyl (C=O) groups excluding carboxylic acids is 2. The van der Waals surface area contributed by atoms with E-state index < -0.39 is 15.2 Å². The molecule has 46 heavy (non-hydrogen) atoms. The maximum atomic E-state index is 11.7. The third-order valence-corrected chi connectivity index (χ3v) is 5.41. The molecule has 0 aromatic heterocycles. The first kappa shape index (κ1) is 53.0. The van der Waals surface area contributed by atoms with Crippen LogP contribution in [0.5, 0.6) is 0 Å². The highest BCUT2D eigenvalue weighted by molar-refractivity contribution is 8.26. The van der Waals surface area contributed by atoms with Gasteiger partial charge in [0.15, 0.2) is 0 Å². The average molecular weight is 743 g/mol. The van der Waals surface area contributed by atoms with Crippen LogP contribution in [0, 0.1) is 0 Å². The molecule has 0 radical (unpaired) electrons. The zero-order valence-corrected chi connectivity index (χ0v) is 29.5. The van der Waals surface area contributed by atoms with E-state index in [4.69, 9.17) is 20.9 Å². The topological polar surface area (TPSA) is 108 Å². The number of carbonyl (C=O) groups is 3. The van der Waals surface area contributed by atoms with Crippen LogP contribution >= 0.6 is 33.0 Å². The van der Waals surface area contributed by atoms with E-state index in [0.29, 0.717) is 12.8 Å². The number of aliphatic carboxylic acids is 1. The van der Waals surface area contributed by atoms with Crippen molar-refractivity contribution in [1.82, 2.24) is 4.90 Å². The molecule has 0 saturated heterocycles. The molecule has 0 aliphatic rings. The van der Waals surface area contributed by atoms with E-state index in [1.807, 2.05) is 97.6 Å². The average Bonchev–Trinajstić information content (AvgIpc) is 2.96. The number of nitrogens with zero attached hydrogens (tertiary/aromatic N) is 1. The van der Waals surface area contributed by atoms with E-state index in [0.717, 1.165) is 29.8 Å². The van der Waals surface area contributed by atoms with Crippen LogP contribution in [-0.4, -0.2) is 57.5 Å². The molecule has 0 aliphatic heterocycles. The van der Waals surface area contributed by atoms with Crippen LogP contribution in [0.4, 0.5) is 0 Å². The number of halogens is 4. The number of carboxylic acids is 1. The SMILES string of the molecule is C.C.CCN(CC)C(=O)Cc1ccccc1.CC[NH2+]CC.O=C(Cl)Cc1ccccc1.O=C(O)Cc1ccccc1.O=S(Cl)Cl.[Cl-]. The zero-order chi connectivity index (χ0) is 32.9. The monoisotopic (exact) mass is 740 g/mol. The molecule has 0 aliphatic carbocycles. The van der Waals surface area contributed by atoms with Gasteiger partial charge in [-0.1, -0.05) is 106 Å². The van der Waals surface area contributed by atoms with Crippen LogP contribution in [0.15, 0.2) is 91.0 Å². The van der Waals surface area contributed by atoms with Crippen molar-refractivity contribution in [3.8, 4) is 0 Å². The quantitative estimate of drug-likeness (QED) is 0.301. The van der Waals surface area contributed by atoms with Crippen molar-refractivity contribution < 1.29 is 41.4 Å². The summed E-state index contributed by atoms with van der Waals surface area (Å²) in [4.78, 5) is 34.1. The molecular weight excluding hydrogens is 690 g/mol. The first-order valence-electron chi connectivity index (χ1n) is 13.9. The van der Waals surface area contributed by atoms with Gasteiger partial charge in [-0.15, -0.1) is 0 Å². The van der Waals surface area contributed by atoms with Gasteiger partial charge >= 0.3 is 5.97 Å². The van der Waals surface area contributed by atoms with E-state index in [-0.39, 0.29) is 44.8 Å². The molecule has 0 bridgehead atoms. The lowest BCUT2D eigenvalue weighted by molar-refractivity contribution is -0.648. The number of likely N-dealkylation sites (N-methyl/N-ethyl adjacent to an activating group) is 1. The maximum Gasteiger partial charge on any atom is 0.307 e. The molecule has 0 spiro atoms. The summed E-state index contributed by atoms with van der Waals surface area (Å²) in [5.74, 6) is -0.576. The van der Waals surface area contributed by atoms with Gasteiger partial charge in [0.25, 0.3) is 0 Å². The molecule has 0 saturated carbocycles. The Kier molecular flexibility index (Phi) is 42.7. The normalized spacial score (nSPS) is 8.70. The lowest BCUT2D eigenvalue weighted by atomic mass is 10.1. The Morgan fingerprint density at radius 1 is 0.674 bits per heavy atom. The third kappa shape index (κ3) is 36.0. The second-order valence-corrected chi connectivity index (χ2v) is 11.5. The summed E-state index contributed by atoms with van der Waals surface area (Å²) in [6, 6.07) is 28.4. The first-order valence-corrected chi connectivity index (χ1v) is 17.0. The molecule has 7 nitrogen and oxygen atoms in total. The maximum absolute atomic E-state index is 11.7. The Morgan fingerprint density at radius 2 is 0.978 bits per heavy atom. The molecule has 3 rings (SSSR count). The zero-order valence-electron chi connectivity index (χ0n) is 25.6. The summed E-state index contributed by atoms with van der Waals surface area (Å²) >= 11 is 5.17. The highest BCUT2D eigenvalue weighted by atomic mass is 36.0. The van der Waals surface area contributed by atoms with Crippen LogP contribution in [0.3, 0.4) is 0 Å². The fraction of sp³-hybridized carbons (Fsp3) is 0.382. The molecule has 3 N–H and O–H groups in total. The van der Waals surface area contributed by atoms with Gasteiger partial charge in [-0.25, -0.2) is 4.21 Å². The van der Waals surface area contributed by atoms with E-state index in [1.54, 1.807) is 12.1 Å². The third-order valence-electron chi connectivity index (χ3n) is 5.28. The predicted molar refractivity (Wildman–Crippen MR) is 193 cm³/mol. The molecule has 0 unspecified atom stereocenters. The molecule has 3 aromatic carbocycles. The highest BCUT2D eigenvalue weighted by Gasteiger charge is 2.09. The number of hydrogen-bond acceptors (Lipinski definition) is 4. The van der Waals surface area contributed by atoms with Crippen LogP contribution in [0.25, 0.3) is 0 Å². The summed E-state index contributed by atoms with van der Waals surface area (Å²) in [5, 5.41) is 10.3. The second kappa shape index (κ2) is 37.0. The summed E-state index contributed by atoms with van der Waals surface area (Å²) in [5.41, 5.74) is 2.89. The Balaban J connectivity index is -0.000000159. The minimum atomic E-state index is -1.67. The molecule has 3 aromatic rings. The van der Waals surface area contributed by atoms with Gasteiger partial charge in [0, 0.05) is 40.9 Å². The van der Waals surface area contributed by atoms with Gasteiger partial charge in [-0.3, -0.25) is 14.4 Å². The van der Waals surface area contributed by atoms with Crippen molar-refractivity contribution in [1.29, 1.82) is 0 Å². The van der Waals surface area contributed by atoms with Crippen molar-refractivity contribution in [3.05, 3.63) is 108 Å². The molecule has 262 valence electrons. The Hall–Kier alpha value is -2.46. The molecule has 0 atom stereocenters. The number of amides is 1. The smallest absolute Gasteiger partial charge is 0.307 e. The van der Waals surface area contributed by atoms with Gasteiger partial charge < -0.3 is 27.7 Å². The lowest BCUT2D eigenvalue weighted by Gasteiger charge is -2.18. The van der Waals surface area contributed by atoms with E-state index in [9.17, 15) is 14.4 Å². The van der Waals surface area contributed by atoms with Crippen molar-refractivity contribution in [2.24, 2.45) is 0 Å². The Morgan fingerprint density at radius 3 is 1.22 bits per heavy atom. The summed E-state index contributed by atoms with van der Waals surface area (Å²) in [7, 11) is 7.36.